The zero-order valence-corrected chi connectivity index (χ0v) is 16.8. The molecule has 2 aromatic carbocycles. The predicted molar refractivity (Wildman–Crippen MR) is 111 cm³/mol. The Morgan fingerprint density at radius 3 is 2.66 bits per heavy atom. The van der Waals surface area contributed by atoms with Crippen LogP contribution in [0, 0.1) is 0 Å². The first-order chi connectivity index (χ1) is 14.1. The van der Waals surface area contributed by atoms with E-state index < -0.39 is 5.63 Å². The molecule has 29 heavy (non-hydrogen) atoms. The van der Waals surface area contributed by atoms with E-state index in [1.165, 1.54) is 23.9 Å². The van der Waals surface area contributed by atoms with Gasteiger partial charge in [-0.15, -0.1) is 10.2 Å². The van der Waals surface area contributed by atoms with Crippen LogP contribution in [0.2, 0.25) is 0 Å². The van der Waals surface area contributed by atoms with Crippen LogP contribution in [-0.4, -0.2) is 27.0 Å². The van der Waals surface area contributed by atoms with Crippen molar-refractivity contribution in [2.75, 3.05) is 7.11 Å². The number of ether oxygens (including phenoxy) is 1. The van der Waals surface area contributed by atoms with E-state index in [9.17, 15) is 9.90 Å². The van der Waals surface area contributed by atoms with Crippen LogP contribution in [-0.2, 0) is 12.3 Å². The Hall–Kier alpha value is -3.26. The van der Waals surface area contributed by atoms with Crippen LogP contribution in [0.3, 0.4) is 0 Å². The third kappa shape index (κ3) is 3.84. The zero-order chi connectivity index (χ0) is 20.4. The predicted octanol–water partition coefficient (Wildman–Crippen LogP) is 4.08. The number of aromatic nitrogens is 3. The molecule has 0 atom stereocenters. The number of benzene rings is 2. The number of rotatable bonds is 6. The third-order valence-electron chi connectivity index (χ3n) is 4.55. The van der Waals surface area contributed by atoms with Gasteiger partial charge in [0.2, 0.25) is 0 Å². The van der Waals surface area contributed by atoms with Crippen LogP contribution < -0.4 is 10.4 Å². The molecule has 0 amide bonds. The van der Waals surface area contributed by atoms with Crippen LogP contribution in [0.25, 0.3) is 22.4 Å². The van der Waals surface area contributed by atoms with Crippen LogP contribution >= 0.6 is 11.8 Å². The molecule has 0 bridgehead atoms. The summed E-state index contributed by atoms with van der Waals surface area (Å²) in [5.41, 5.74) is 1.68. The highest BCUT2D eigenvalue weighted by Gasteiger charge is 2.15. The second-order valence-corrected chi connectivity index (χ2v) is 7.28. The molecule has 0 fully saturated rings. The molecular formula is C21H19N3O4S. The van der Waals surface area contributed by atoms with Crippen LogP contribution in [0.15, 0.2) is 62.9 Å². The van der Waals surface area contributed by atoms with Crippen molar-refractivity contribution in [1.29, 1.82) is 0 Å². The number of methoxy groups -OCH3 is 1. The standard InChI is InChI=1S/C21H19N3O4S/c1-3-24-20(13-4-7-16(27-2)8-5-13)22-23-21(24)29-12-14-10-19(26)28-18-11-15(25)6-9-17(14)18/h4-11,25H,3,12H2,1-2H3. The summed E-state index contributed by atoms with van der Waals surface area (Å²) in [6.07, 6.45) is 0. The molecule has 0 aliphatic heterocycles. The highest BCUT2D eigenvalue weighted by Crippen LogP contribution is 2.30. The fraction of sp³-hybridized carbons (Fsp3) is 0.190. The fourth-order valence-corrected chi connectivity index (χ4v) is 4.11. The lowest BCUT2D eigenvalue weighted by atomic mass is 10.1. The molecule has 0 saturated heterocycles. The van der Waals surface area contributed by atoms with Crippen LogP contribution in [0.4, 0.5) is 0 Å². The van der Waals surface area contributed by atoms with Crippen LogP contribution in [0.1, 0.15) is 12.5 Å². The number of hydrogen-bond donors (Lipinski definition) is 1. The summed E-state index contributed by atoms with van der Waals surface area (Å²) in [7, 11) is 1.63. The van der Waals surface area contributed by atoms with Crippen molar-refractivity contribution >= 4 is 22.7 Å². The maximum Gasteiger partial charge on any atom is 0.336 e. The molecule has 0 spiro atoms. The molecular weight excluding hydrogens is 390 g/mol. The average molecular weight is 409 g/mol. The molecule has 0 aliphatic rings. The van der Waals surface area contributed by atoms with Crippen molar-refractivity contribution < 1.29 is 14.3 Å². The van der Waals surface area contributed by atoms with Gasteiger partial charge in [0, 0.05) is 35.4 Å². The van der Waals surface area contributed by atoms with Gasteiger partial charge in [0.25, 0.3) is 0 Å². The van der Waals surface area contributed by atoms with Gasteiger partial charge < -0.3 is 18.8 Å². The van der Waals surface area contributed by atoms with Gasteiger partial charge in [-0.25, -0.2) is 4.79 Å². The summed E-state index contributed by atoms with van der Waals surface area (Å²) in [5, 5.41) is 19.9. The second-order valence-electron chi connectivity index (χ2n) is 6.34. The monoisotopic (exact) mass is 409 g/mol. The number of phenols is 1. The van der Waals surface area contributed by atoms with E-state index in [1.807, 2.05) is 35.8 Å². The number of hydrogen-bond acceptors (Lipinski definition) is 7. The summed E-state index contributed by atoms with van der Waals surface area (Å²) in [6, 6.07) is 13.9. The molecule has 4 aromatic rings. The van der Waals surface area contributed by atoms with Crippen molar-refractivity contribution in [3.8, 4) is 22.9 Å². The van der Waals surface area contributed by atoms with Gasteiger partial charge >= 0.3 is 5.63 Å². The molecule has 0 radical (unpaired) electrons. The molecule has 0 saturated carbocycles. The zero-order valence-electron chi connectivity index (χ0n) is 16.0. The maximum absolute atomic E-state index is 11.9. The van der Waals surface area contributed by atoms with Crippen molar-refractivity contribution in [2.24, 2.45) is 0 Å². The first-order valence-corrected chi connectivity index (χ1v) is 10.0. The quantitative estimate of drug-likeness (QED) is 0.379. The molecule has 7 nitrogen and oxygen atoms in total. The SMILES string of the molecule is CCn1c(SCc2cc(=O)oc3cc(O)ccc23)nnc1-c1ccc(OC)cc1. The second kappa shape index (κ2) is 8.00. The highest BCUT2D eigenvalue weighted by atomic mass is 32.2. The third-order valence-corrected chi connectivity index (χ3v) is 5.57. The minimum absolute atomic E-state index is 0.0558. The van der Waals surface area contributed by atoms with E-state index >= 15 is 0 Å². The first kappa shape index (κ1) is 19.1. The van der Waals surface area contributed by atoms with E-state index in [4.69, 9.17) is 9.15 Å². The molecule has 148 valence electrons. The van der Waals surface area contributed by atoms with Gasteiger partial charge in [-0.3, -0.25) is 0 Å². The molecule has 1 N–H and O–H groups in total. The van der Waals surface area contributed by atoms with Crippen molar-refractivity contribution in [3.05, 3.63) is 64.5 Å². The van der Waals surface area contributed by atoms with E-state index in [0.29, 0.717) is 17.9 Å². The minimum Gasteiger partial charge on any atom is -0.508 e. The van der Waals surface area contributed by atoms with Gasteiger partial charge in [-0.1, -0.05) is 11.8 Å². The lowest BCUT2D eigenvalue weighted by molar-refractivity contribution is 0.415. The largest absolute Gasteiger partial charge is 0.508 e. The fourth-order valence-electron chi connectivity index (χ4n) is 3.11. The summed E-state index contributed by atoms with van der Waals surface area (Å²) in [5.74, 6) is 2.14. The van der Waals surface area contributed by atoms with Crippen LogP contribution in [0.5, 0.6) is 11.5 Å². The molecule has 8 heteroatoms. The number of nitrogens with zero attached hydrogens (tertiary/aromatic N) is 3. The smallest absolute Gasteiger partial charge is 0.336 e. The topological polar surface area (TPSA) is 90.4 Å². The molecule has 2 heterocycles. The van der Waals surface area contributed by atoms with E-state index in [-0.39, 0.29) is 5.75 Å². The average Bonchev–Trinajstić information content (AvgIpc) is 3.14. The summed E-state index contributed by atoms with van der Waals surface area (Å²) >= 11 is 1.50. The molecule has 0 aliphatic carbocycles. The van der Waals surface area contributed by atoms with Crippen molar-refractivity contribution in [1.82, 2.24) is 14.8 Å². The summed E-state index contributed by atoms with van der Waals surface area (Å²) < 4.78 is 12.4. The number of thioether (sulfide) groups is 1. The molecule has 0 unspecified atom stereocenters. The van der Waals surface area contributed by atoms with Gasteiger partial charge in [-0.05, 0) is 48.9 Å². The Bertz CT molecular complexity index is 1220. The van der Waals surface area contributed by atoms with E-state index in [0.717, 1.165) is 33.2 Å². The van der Waals surface area contributed by atoms with Gasteiger partial charge in [0.15, 0.2) is 11.0 Å². The Labute approximate surface area is 171 Å². The Morgan fingerprint density at radius 2 is 1.93 bits per heavy atom. The van der Waals surface area contributed by atoms with E-state index in [2.05, 4.69) is 10.2 Å². The normalized spacial score (nSPS) is 11.1. The Balaban J connectivity index is 1.63. The maximum atomic E-state index is 11.9. The number of phenolic OH excluding ortho intramolecular Hbond substituents is 1. The Morgan fingerprint density at radius 1 is 1.14 bits per heavy atom. The van der Waals surface area contributed by atoms with Gasteiger partial charge in [0.1, 0.15) is 17.1 Å². The summed E-state index contributed by atoms with van der Waals surface area (Å²) in [4.78, 5) is 11.9. The highest BCUT2D eigenvalue weighted by molar-refractivity contribution is 7.98. The first-order valence-electron chi connectivity index (χ1n) is 9.05. The Kier molecular flexibility index (Phi) is 5.26. The van der Waals surface area contributed by atoms with Crippen molar-refractivity contribution in [3.63, 3.8) is 0 Å². The molecule has 2 aromatic heterocycles. The van der Waals surface area contributed by atoms with Gasteiger partial charge in [-0.2, -0.15) is 0 Å². The number of fused-ring (bicyclic) bond motifs is 1. The number of aromatic hydroxyl groups is 1. The minimum atomic E-state index is -0.449. The lowest BCUT2D eigenvalue weighted by Gasteiger charge is -2.09. The van der Waals surface area contributed by atoms with E-state index in [1.54, 1.807) is 19.2 Å². The summed E-state index contributed by atoms with van der Waals surface area (Å²) in [6.45, 7) is 2.75. The lowest BCUT2D eigenvalue weighted by Crippen LogP contribution is -2.02. The van der Waals surface area contributed by atoms with Gasteiger partial charge in [0.05, 0.1) is 7.11 Å². The molecule has 4 rings (SSSR count). The van der Waals surface area contributed by atoms with Crippen molar-refractivity contribution in [2.45, 2.75) is 24.4 Å².